The molecular formula is C18H30N2. The molecule has 2 rings (SSSR count). The van der Waals surface area contributed by atoms with Crippen LogP contribution in [0.15, 0.2) is 24.3 Å². The number of nitrogens with one attached hydrogen (secondary N) is 1. The van der Waals surface area contributed by atoms with Gasteiger partial charge in [0.05, 0.1) is 0 Å². The van der Waals surface area contributed by atoms with Crippen LogP contribution >= 0.6 is 0 Å². The van der Waals surface area contributed by atoms with Crippen molar-refractivity contribution in [1.29, 1.82) is 0 Å². The summed E-state index contributed by atoms with van der Waals surface area (Å²) in [7, 11) is 0. The summed E-state index contributed by atoms with van der Waals surface area (Å²) in [6.07, 6.45) is 3.70. The molecule has 1 aromatic rings. The van der Waals surface area contributed by atoms with Gasteiger partial charge in [0.15, 0.2) is 0 Å². The Kier molecular flexibility index (Phi) is 5.47. The van der Waals surface area contributed by atoms with E-state index in [2.05, 4.69) is 62.2 Å². The summed E-state index contributed by atoms with van der Waals surface area (Å²) in [5.74, 6) is 0.747. The number of fused-ring (bicyclic) bond motifs is 1. The third-order valence-electron chi connectivity index (χ3n) is 4.44. The molecule has 2 nitrogen and oxygen atoms in total. The van der Waals surface area contributed by atoms with Crippen molar-refractivity contribution in [1.82, 2.24) is 5.32 Å². The summed E-state index contributed by atoms with van der Waals surface area (Å²) in [5, 5.41) is 3.76. The number of rotatable bonds is 5. The fourth-order valence-corrected chi connectivity index (χ4v) is 3.40. The second-order valence-corrected chi connectivity index (χ2v) is 6.46. The van der Waals surface area contributed by atoms with Crippen molar-refractivity contribution in [2.24, 2.45) is 5.92 Å². The van der Waals surface area contributed by atoms with Gasteiger partial charge in [0, 0.05) is 30.9 Å². The van der Waals surface area contributed by atoms with E-state index in [1.54, 1.807) is 0 Å². The first-order valence-corrected chi connectivity index (χ1v) is 8.23. The average molecular weight is 274 g/mol. The van der Waals surface area contributed by atoms with Gasteiger partial charge in [-0.15, -0.1) is 0 Å². The zero-order valence-electron chi connectivity index (χ0n) is 13.5. The van der Waals surface area contributed by atoms with Gasteiger partial charge in [0.1, 0.15) is 0 Å². The highest BCUT2D eigenvalue weighted by molar-refractivity contribution is 5.55. The Bertz CT molecular complexity index is 410. The Hall–Kier alpha value is -1.02. The maximum atomic E-state index is 3.76. The van der Waals surface area contributed by atoms with E-state index in [0.717, 1.165) is 19.0 Å². The van der Waals surface area contributed by atoms with Crippen molar-refractivity contribution in [2.75, 3.05) is 11.4 Å². The molecule has 1 atom stereocenters. The van der Waals surface area contributed by atoms with Crippen LogP contribution in [-0.2, 0) is 6.54 Å². The lowest BCUT2D eigenvalue weighted by molar-refractivity contribution is 0.407. The Labute approximate surface area is 124 Å². The molecule has 0 spiro atoms. The zero-order valence-corrected chi connectivity index (χ0v) is 13.5. The minimum absolute atomic E-state index is 0.600. The van der Waals surface area contributed by atoms with E-state index in [4.69, 9.17) is 0 Å². The minimum atomic E-state index is 0.600. The van der Waals surface area contributed by atoms with Crippen molar-refractivity contribution in [2.45, 2.75) is 65.6 Å². The normalized spacial score (nSPS) is 19.3. The molecule has 1 unspecified atom stereocenters. The van der Waals surface area contributed by atoms with Crippen LogP contribution in [0.4, 0.5) is 5.69 Å². The first-order chi connectivity index (χ1) is 9.65. The van der Waals surface area contributed by atoms with E-state index in [1.807, 2.05) is 0 Å². The number of anilines is 1. The molecule has 1 aliphatic heterocycles. The highest BCUT2D eigenvalue weighted by Gasteiger charge is 2.25. The van der Waals surface area contributed by atoms with Crippen molar-refractivity contribution in [3.8, 4) is 0 Å². The SMILES string of the molecule is CCC(CC)N1CC(CC(C)C)NCc2ccccc21. The highest BCUT2D eigenvalue weighted by atomic mass is 15.2. The lowest BCUT2D eigenvalue weighted by atomic mass is 10.0. The first kappa shape index (κ1) is 15.4. The molecule has 20 heavy (non-hydrogen) atoms. The van der Waals surface area contributed by atoms with Crippen LogP contribution in [0.3, 0.4) is 0 Å². The lowest BCUT2D eigenvalue weighted by Gasteiger charge is -2.35. The van der Waals surface area contributed by atoms with E-state index in [0.29, 0.717) is 12.1 Å². The molecule has 0 radical (unpaired) electrons. The van der Waals surface area contributed by atoms with Crippen molar-refractivity contribution >= 4 is 5.69 Å². The fraction of sp³-hybridized carbons (Fsp3) is 0.667. The summed E-state index contributed by atoms with van der Waals surface area (Å²) in [5.41, 5.74) is 2.89. The third-order valence-corrected chi connectivity index (χ3v) is 4.44. The van der Waals surface area contributed by atoms with Crippen LogP contribution in [0, 0.1) is 5.92 Å². The molecule has 1 heterocycles. The summed E-state index contributed by atoms with van der Waals surface area (Å²) in [4.78, 5) is 2.66. The molecule has 0 aromatic heterocycles. The van der Waals surface area contributed by atoms with Crippen molar-refractivity contribution in [3.05, 3.63) is 29.8 Å². The van der Waals surface area contributed by atoms with Gasteiger partial charge in [0.25, 0.3) is 0 Å². The summed E-state index contributed by atoms with van der Waals surface area (Å²) >= 11 is 0. The first-order valence-electron chi connectivity index (χ1n) is 8.23. The molecule has 0 aliphatic carbocycles. The van der Waals surface area contributed by atoms with Crippen LogP contribution < -0.4 is 10.2 Å². The van der Waals surface area contributed by atoms with Crippen LogP contribution in [0.2, 0.25) is 0 Å². The van der Waals surface area contributed by atoms with Crippen molar-refractivity contribution in [3.63, 3.8) is 0 Å². The second-order valence-electron chi connectivity index (χ2n) is 6.46. The van der Waals surface area contributed by atoms with Gasteiger partial charge in [-0.3, -0.25) is 0 Å². The Morgan fingerprint density at radius 2 is 1.90 bits per heavy atom. The van der Waals surface area contributed by atoms with E-state index in [1.165, 1.54) is 30.5 Å². The summed E-state index contributed by atoms with van der Waals surface area (Å²) in [6, 6.07) is 10.2. The largest absolute Gasteiger partial charge is 0.367 e. The van der Waals surface area contributed by atoms with E-state index in [9.17, 15) is 0 Å². The number of nitrogens with zero attached hydrogens (tertiary/aromatic N) is 1. The maximum Gasteiger partial charge on any atom is 0.0414 e. The number of hydrogen-bond acceptors (Lipinski definition) is 2. The Balaban J connectivity index is 2.27. The maximum absolute atomic E-state index is 3.76. The predicted molar refractivity (Wildman–Crippen MR) is 88.2 cm³/mol. The monoisotopic (exact) mass is 274 g/mol. The fourth-order valence-electron chi connectivity index (χ4n) is 3.40. The number of para-hydroxylation sites is 1. The van der Waals surface area contributed by atoms with Crippen molar-refractivity contribution < 1.29 is 0 Å². The van der Waals surface area contributed by atoms with Gasteiger partial charge in [-0.25, -0.2) is 0 Å². The average Bonchev–Trinajstić information content (AvgIpc) is 2.61. The van der Waals surface area contributed by atoms with Crippen LogP contribution in [0.25, 0.3) is 0 Å². The molecule has 0 saturated heterocycles. The standard InChI is InChI=1S/C18H30N2/c1-5-17(6-2)20-13-16(11-14(3)4)19-12-15-9-7-8-10-18(15)20/h7-10,14,16-17,19H,5-6,11-13H2,1-4H3. The van der Waals surface area contributed by atoms with Crippen LogP contribution in [0.5, 0.6) is 0 Å². The second kappa shape index (κ2) is 7.12. The molecule has 0 saturated carbocycles. The molecule has 1 N–H and O–H groups in total. The topological polar surface area (TPSA) is 15.3 Å². The van der Waals surface area contributed by atoms with E-state index in [-0.39, 0.29) is 0 Å². The summed E-state index contributed by atoms with van der Waals surface area (Å²) in [6.45, 7) is 11.4. The summed E-state index contributed by atoms with van der Waals surface area (Å²) < 4.78 is 0. The predicted octanol–water partition coefficient (Wildman–Crippen LogP) is 4.20. The Morgan fingerprint density at radius 1 is 1.20 bits per heavy atom. The van der Waals surface area contributed by atoms with Crippen LogP contribution in [0.1, 0.15) is 52.5 Å². The third kappa shape index (κ3) is 3.54. The van der Waals surface area contributed by atoms with E-state index >= 15 is 0 Å². The lowest BCUT2D eigenvalue weighted by Crippen LogP contribution is -2.43. The molecule has 0 bridgehead atoms. The van der Waals surface area contributed by atoms with Gasteiger partial charge in [0.2, 0.25) is 0 Å². The highest BCUT2D eigenvalue weighted by Crippen LogP contribution is 2.28. The number of hydrogen-bond donors (Lipinski definition) is 1. The number of benzene rings is 1. The molecular weight excluding hydrogens is 244 g/mol. The molecule has 0 amide bonds. The molecule has 0 fully saturated rings. The zero-order chi connectivity index (χ0) is 14.5. The van der Waals surface area contributed by atoms with Gasteiger partial charge in [-0.1, -0.05) is 45.9 Å². The molecule has 1 aliphatic rings. The molecule has 1 aromatic carbocycles. The van der Waals surface area contributed by atoms with Gasteiger partial charge in [-0.05, 0) is 36.8 Å². The van der Waals surface area contributed by atoms with Crippen LogP contribution in [-0.4, -0.2) is 18.6 Å². The minimum Gasteiger partial charge on any atom is -0.367 e. The smallest absolute Gasteiger partial charge is 0.0414 e. The Morgan fingerprint density at radius 3 is 2.55 bits per heavy atom. The van der Waals surface area contributed by atoms with Gasteiger partial charge >= 0.3 is 0 Å². The quantitative estimate of drug-likeness (QED) is 0.865. The molecule has 112 valence electrons. The van der Waals surface area contributed by atoms with Gasteiger partial charge < -0.3 is 10.2 Å². The van der Waals surface area contributed by atoms with E-state index < -0.39 is 0 Å². The van der Waals surface area contributed by atoms with Gasteiger partial charge in [-0.2, -0.15) is 0 Å². The molecule has 2 heteroatoms.